The molecule has 1 heterocycles. The summed E-state index contributed by atoms with van der Waals surface area (Å²) >= 11 is 0. The molecule has 128 valence electrons. The lowest BCUT2D eigenvalue weighted by Gasteiger charge is -2.23. The third-order valence-electron chi connectivity index (χ3n) is 4.09. The molecule has 0 aliphatic heterocycles. The number of hydrogen-bond donors (Lipinski definition) is 2. The average molecular weight is 336 g/mol. The maximum absolute atomic E-state index is 13.8. The standard InChI is InChI=1S/C17H19F3N4/c1-10-9-14(22-11-5-3-2-4-6-11)24-17(21-10)23-13-8-7-12(18)15(19)16(13)20/h7-9,11H,2-6H2,1H3,(H2,21,22,23,24). The highest BCUT2D eigenvalue weighted by molar-refractivity contribution is 5.56. The Morgan fingerprint density at radius 3 is 2.50 bits per heavy atom. The third kappa shape index (κ3) is 3.77. The summed E-state index contributed by atoms with van der Waals surface area (Å²) in [4.78, 5) is 8.47. The summed E-state index contributed by atoms with van der Waals surface area (Å²) in [5.74, 6) is -3.27. The van der Waals surface area contributed by atoms with Crippen molar-refractivity contribution in [1.29, 1.82) is 0 Å². The SMILES string of the molecule is Cc1cc(NC2CCCCC2)nc(Nc2ccc(F)c(F)c2F)n1. The molecular formula is C17H19F3N4. The third-order valence-corrected chi connectivity index (χ3v) is 4.09. The van der Waals surface area contributed by atoms with Crippen LogP contribution in [0.1, 0.15) is 37.8 Å². The molecule has 3 rings (SSSR count). The highest BCUT2D eigenvalue weighted by atomic mass is 19.2. The molecule has 0 saturated heterocycles. The number of rotatable bonds is 4. The van der Waals surface area contributed by atoms with Gasteiger partial charge in [-0.1, -0.05) is 19.3 Å². The molecule has 1 aliphatic carbocycles. The van der Waals surface area contributed by atoms with Gasteiger partial charge in [0.15, 0.2) is 17.5 Å². The predicted octanol–water partition coefficient (Wildman–Crippen LogP) is 4.69. The Morgan fingerprint density at radius 1 is 1.00 bits per heavy atom. The first-order chi connectivity index (χ1) is 11.5. The topological polar surface area (TPSA) is 49.8 Å². The minimum atomic E-state index is -1.52. The number of nitrogens with one attached hydrogen (secondary N) is 2. The van der Waals surface area contributed by atoms with E-state index in [1.807, 2.05) is 0 Å². The molecule has 24 heavy (non-hydrogen) atoms. The molecular weight excluding hydrogens is 317 g/mol. The van der Waals surface area contributed by atoms with Crippen molar-refractivity contribution < 1.29 is 13.2 Å². The summed E-state index contributed by atoms with van der Waals surface area (Å²) in [5.41, 5.74) is 0.483. The van der Waals surface area contributed by atoms with Gasteiger partial charge in [0, 0.05) is 17.8 Å². The maximum atomic E-state index is 13.8. The summed E-state index contributed by atoms with van der Waals surface area (Å²) in [6.45, 7) is 1.79. The Hall–Kier alpha value is -2.31. The van der Waals surface area contributed by atoms with Gasteiger partial charge < -0.3 is 10.6 Å². The Morgan fingerprint density at radius 2 is 1.75 bits per heavy atom. The van der Waals surface area contributed by atoms with E-state index in [2.05, 4.69) is 20.6 Å². The van der Waals surface area contributed by atoms with Gasteiger partial charge in [0.25, 0.3) is 0 Å². The lowest BCUT2D eigenvalue weighted by Crippen LogP contribution is -2.23. The second-order valence-corrected chi connectivity index (χ2v) is 6.05. The van der Waals surface area contributed by atoms with Crippen molar-refractivity contribution in [2.75, 3.05) is 10.6 Å². The molecule has 2 N–H and O–H groups in total. The van der Waals surface area contributed by atoms with Crippen molar-refractivity contribution in [2.24, 2.45) is 0 Å². The van der Waals surface area contributed by atoms with Gasteiger partial charge in [-0.2, -0.15) is 4.98 Å². The zero-order valence-electron chi connectivity index (χ0n) is 13.4. The molecule has 0 radical (unpaired) electrons. The highest BCUT2D eigenvalue weighted by Crippen LogP contribution is 2.24. The quantitative estimate of drug-likeness (QED) is 0.795. The first-order valence-corrected chi connectivity index (χ1v) is 8.05. The molecule has 1 aromatic carbocycles. The van der Waals surface area contributed by atoms with Crippen molar-refractivity contribution in [1.82, 2.24) is 9.97 Å². The molecule has 4 nitrogen and oxygen atoms in total. The van der Waals surface area contributed by atoms with E-state index in [-0.39, 0.29) is 11.6 Å². The second kappa shape index (κ2) is 7.07. The second-order valence-electron chi connectivity index (χ2n) is 6.05. The van der Waals surface area contributed by atoms with Crippen LogP contribution < -0.4 is 10.6 Å². The Labute approximate surface area is 138 Å². The molecule has 0 amide bonds. The number of hydrogen-bond acceptors (Lipinski definition) is 4. The Bertz CT molecular complexity index is 730. The average Bonchev–Trinajstić information content (AvgIpc) is 2.56. The van der Waals surface area contributed by atoms with Crippen LogP contribution in [-0.4, -0.2) is 16.0 Å². The summed E-state index contributed by atoms with van der Waals surface area (Å²) in [7, 11) is 0. The summed E-state index contributed by atoms with van der Waals surface area (Å²) in [6, 6.07) is 4.15. The van der Waals surface area contributed by atoms with Crippen LogP contribution in [0.25, 0.3) is 0 Å². The van der Waals surface area contributed by atoms with E-state index >= 15 is 0 Å². The molecule has 2 aromatic rings. The van der Waals surface area contributed by atoms with E-state index < -0.39 is 17.5 Å². The fraction of sp³-hybridized carbons (Fsp3) is 0.412. The molecule has 1 saturated carbocycles. The number of aryl methyl sites for hydroxylation is 1. The fourth-order valence-corrected chi connectivity index (χ4v) is 2.90. The first-order valence-electron chi connectivity index (χ1n) is 8.05. The van der Waals surface area contributed by atoms with Crippen molar-refractivity contribution >= 4 is 17.5 Å². The molecule has 1 fully saturated rings. The number of anilines is 3. The van der Waals surface area contributed by atoms with Crippen LogP contribution in [-0.2, 0) is 0 Å². The molecule has 0 unspecified atom stereocenters. The van der Waals surface area contributed by atoms with Gasteiger partial charge in [0.1, 0.15) is 5.82 Å². The van der Waals surface area contributed by atoms with Crippen LogP contribution in [0.5, 0.6) is 0 Å². The van der Waals surface area contributed by atoms with E-state index in [9.17, 15) is 13.2 Å². The van der Waals surface area contributed by atoms with E-state index in [1.54, 1.807) is 13.0 Å². The maximum Gasteiger partial charge on any atom is 0.229 e. The van der Waals surface area contributed by atoms with E-state index in [1.165, 1.54) is 19.3 Å². The van der Waals surface area contributed by atoms with Crippen LogP contribution in [0.2, 0.25) is 0 Å². The molecule has 0 bridgehead atoms. The van der Waals surface area contributed by atoms with Gasteiger partial charge in [-0.3, -0.25) is 0 Å². The fourth-order valence-electron chi connectivity index (χ4n) is 2.90. The first kappa shape index (κ1) is 16.5. The minimum Gasteiger partial charge on any atom is -0.367 e. The molecule has 7 heteroatoms. The van der Waals surface area contributed by atoms with Gasteiger partial charge in [-0.15, -0.1) is 0 Å². The molecule has 0 atom stereocenters. The van der Waals surface area contributed by atoms with Gasteiger partial charge in [0.2, 0.25) is 5.95 Å². The largest absolute Gasteiger partial charge is 0.367 e. The number of aromatic nitrogens is 2. The van der Waals surface area contributed by atoms with Crippen LogP contribution >= 0.6 is 0 Å². The summed E-state index contributed by atoms with van der Waals surface area (Å²) < 4.78 is 40.1. The number of halogens is 3. The number of nitrogens with zero attached hydrogens (tertiary/aromatic N) is 2. The zero-order chi connectivity index (χ0) is 17.1. The molecule has 1 aliphatic rings. The molecule has 1 aromatic heterocycles. The van der Waals surface area contributed by atoms with Crippen LogP contribution in [0.15, 0.2) is 18.2 Å². The van der Waals surface area contributed by atoms with Gasteiger partial charge in [0.05, 0.1) is 5.69 Å². The van der Waals surface area contributed by atoms with Gasteiger partial charge >= 0.3 is 0 Å². The van der Waals surface area contributed by atoms with Crippen molar-refractivity contribution in [3.05, 3.63) is 41.3 Å². The van der Waals surface area contributed by atoms with E-state index in [0.29, 0.717) is 17.6 Å². The van der Waals surface area contributed by atoms with Crippen molar-refractivity contribution in [3.8, 4) is 0 Å². The van der Waals surface area contributed by atoms with Crippen LogP contribution in [0, 0.1) is 24.4 Å². The van der Waals surface area contributed by atoms with Crippen molar-refractivity contribution in [3.63, 3.8) is 0 Å². The van der Waals surface area contributed by atoms with Crippen molar-refractivity contribution in [2.45, 2.75) is 45.1 Å². The molecule has 0 spiro atoms. The van der Waals surface area contributed by atoms with E-state index in [4.69, 9.17) is 0 Å². The van der Waals surface area contributed by atoms with Gasteiger partial charge in [-0.25, -0.2) is 18.2 Å². The van der Waals surface area contributed by atoms with Crippen LogP contribution in [0.3, 0.4) is 0 Å². The van der Waals surface area contributed by atoms with Crippen LogP contribution in [0.4, 0.5) is 30.6 Å². The summed E-state index contributed by atoms with van der Waals surface area (Å²) in [6.07, 6.45) is 5.80. The van der Waals surface area contributed by atoms with E-state index in [0.717, 1.165) is 25.0 Å². The van der Waals surface area contributed by atoms with Gasteiger partial charge in [-0.05, 0) is 31.9 Å². The smallest absolute Gasteiger partial charge is 0.229 e. The highest BCUT2D eigenvalue weighted by Gasteiger charge is 2.16. The monoisotopic (exact) mass is 336 g/mol. The minimum absolute atomic E-state index is 0.137. The zero-order valence-corrected chi connectivity index (χ0v) is 13.4. The normalized spacial score (nSPS) is 15.3. The lowest BCUT2D eigenvalue weighted by molar-refractivity contribution is 0.449. The Kier molecular flexibility index (Phi) is 4.87. The number of benzene rings is 1. The lowest BCUT2D eigenvalue weighted by atomic mass is 9.95. The predicted molar refractivity (Wildman–Crippen MR) is 86.9 cm³/mol. The Balaban J connectivity index is 1.79. The summed E-state index contributed by atoms with van der Waals surface area (Å²) in [5, 5.41) is 5.98.